The number of anilines is 1. The van der Waals surface area contributed by atoms with Crippen molar-refractivity contribution in [1.29, 1.82) is 5.26 Å². The zero-order chi connectivity index (χ0) is 34.4. The number of ketones is 1. The number of carbonyl (C=O) groups is 4. The summed E-state index contributed by atoms with van der Waals surface area (Å²) in [5, 5.41) is 19.0. The summed E-state index contributed by atoms with van der Waals surface area (Å²) in [6.45, 7) is 1.94. The Labute approximate surface area is 274 Å². The molecule has 3 amide bonds. The van der Waals surface area contributed by atoms with Crippen molar-refractivity contribution in [1.82, 2.24) is 20.4 Å². The van der Waals surface area contributed by atoms with Crippen molar-refractivity contribution in [2.75, 3.05) is 38.0 Å². The van der Waals surface area contributed by atoms with Crippen molar-refractivity contribution < 1.29 is 36.8 Å². The summed E-state index contributed by atoms with van der Waals surface area (Å²) in [6.07, 6.45) is -1.03. The van der Waals surface area contributed by atoms with E-state index in [1.807, 2.05) is 12.1 Å². The molecule has 5 rings (SSSR count). The smallest absolute Gasteiger partial charge is 0.405 e. The molecule has 0 unspecified atom stereocenters. The molecule has 1 aromatic heterocycles. The van der Waals surface area contributed by atoms with E-state index in [4.69, 9.17) is 4.42 Å². The predicted octanol–water partition coefficient (Wildman–Crippen LogP) is 4.66. The second kappa shape index (κ2) is 14.6. The van der Waals surface area contributed by atoms with Crippen molar-refractivity contribution in [3.05, 3.63) is 76.8 Å². The van der Waals surface area contributed by atoms with Crippen molar-refractivity contribution in [2.45, 2.75) is 51.2 Å². The van der Waals surface area contributed by atoms with Crippen LogP contribution in [-0.2, 0) is 9.59 Å². The number of fused-ring (bicyclic) bond motifs is 1. The first-order valence-electron chi connectivity index (χ1n) is 15.7. The number of amides is 3. The molecule has 0 saturated carbocycles. The first-order chi connectivity index (χ1) is 22.9. The molecular formula is C34H35F3N6O5. The second-order valence-electron chi connectivity index (χ2n) is 11.8. The Hall–Kier alpha value is -5.32. The lowest BCUT2D eigenvalue weighted by atomic mass is 10.0. The van der Waals surface area contributed by atoms with Gasteiger partial charge < -0.3 is 30.2 Å². The summed E-state index contributed by atoms with van der Waals surface area (Å²) in [6, 6.07) is 12.9. The number of nitriles is 1. The quantitative estimate of drug-likeness (QED) is 0.161. The Bertz CT molecular complexity index is 1770. The molecular weight excluding hydrogens is 629 g/mol. The monoisotopic (exact) mass is 664 g/mol. The highest BCUT2D eigenvalue weighted by Crippen LogP contribution is 2.25. The standard InChI is InChI=1S/C34H35F3N6O5/c1-21-16-24-17-25(11-12-28(24)48-21)40-31(41-27-6-2-3-15-43(33(27)47)19-29(44)42-13-4-5-14-42)26(18-38)30(45)22-7-9-23(10-8-22)32(46)39-20-34(35,36)37/h7-12,16-17,27,40-41H,2-6,13-15,19-20H2,1H3,(H,39,46)/t27-/m0/s1. The highest BCUT2D eigenvalue weighted by Gasteiger charge is 2.32. The van der Waals surface area contributed by atoms with E-state index in [0.717, 1.165) is 18.2 Å². The Morgan fingerprint density at radius 2 is 1.67 bits per heavy atom. The molecule has 0 radical (unpaired) electrons. The van der Waals surface area contributed by atoms with Crippen LogP contribution in [0.5, 0.6) is 0 Å². The van der Waals surface area contributed by atoms with Gasteiger partial charge in [-0.15, -0.1) is 0 Å². The van der Waals surface area contributed by atoms with Gasteiger partial charge in [0.2, 0.25) is 17.6 Å². The summed E-state index contributed by atoms with van der Waals surface area (Å²) in [5.74, 6) is -1.54. The number of likely N-dealkylation sites (tertiary alicyclic amines) is 2. The zero-order valence-corrected chi connectivity index (χ0v) is 26.3. The van der Waals surface area contributed by atoms with Crippen LogP contribution in [0.2, 0.25) is 0 Å². The topological polar surface area (TPSA) is 148 Å². The minimum absolute atomic E-state index is 0.00837. The van der Waals surface area contributed by atoms with Crippen LogP contribution >= 0.6 is 0 Å². The van der Waals surface area contributed by atoms with Gasteiger partial charge in [0, 0.05) is 41.8 Å². The normalized spacial score (nSPS) is 17.4. The van der Waals surface area contributed by atoms with E-state index in [2.05, 4.69) is 10.6 Å². The first-order valence-corrected chi connectivity index (χ1v) is 15.7. The van der Waals surface area contributed by atoms with Crippen molar-refractivity contribution >= 4 is 40.2 Å². The molecule has 14 heteroatoms. The number of allylic oxidation sites excluding steroid dienone is 1. The van der Waals surface area contributed by atoms with E-state index in [1.165, 1.54) is 29.2 Å². The lowest BCUT2D eigenvalue weighted by Gasteiger charge is -2.28. The molecule has 2 aromatic carbocycles. The van der Waals surface area contributed by atoms with Crippen molar-refractivity contribution in [3.8, 4) is 6.07 Å². The summed E-state index contributed by atoms with van der Waals surface area (Å²) in [7, 11) is 0. The number of Topliss-reactive ketones (excluding diaryl/α,β-unsaturated/α-hetero) is 1. The fraction of sp³-hybridized carbons (Fsp3) is 0.382. The van der Waals surface area contributed by atoms with Gasteiger partial charge in [-0.2, -0.15) is 18.4 Å². The molecule has 0 spiro atoms. The highest BCUT2D eigenvalue weighted by molar-refractivity contribution is 6.12. The molecule has 2 aliphatic rings. The number of aryl methyl sites for hydroxylation is 1. The second-order valence-corrected chi connectivity index (χ2v) is 11.8. The third-order valence-corrected chi connectivity index (χ3v) is 8.24. The lowest BCUT2D eigenvalue weighted by molar-refractivity contribution is -0.140. The van der Waals surface area contributed by atoms with Crippen LogP contribution in [0, 0.1) is 18.3 Å². The van der Waals surface area contributed by atoms with Crippen LogP contribution in [-0.4, -0.2) is 78.2 Å². The molecule has 1 atom stereocenters. The summed E-state index contributed by atoms with van der Waals surface area (Å²) >= 11 is 0. The molecule has 252 valence electrons. The maximum absolute atomic E-state index is 13.8. The molecule has 48 heavy (non-hydrogen) atoms. The molecule has 2 saturated heterocycles. The third kappa shape index (κ3) is 8.33. The van der Waals surface area contributed by atoms with Crippen LogP contribution in [0.25, 0.3) is 11.0 Å². The Balaban J connectivity index is 1.43. The number of alkyl halides is 3. The number of carbonyl (C=O) groups excluding carboxylic acids is 4. The van der Waals surface area contributed by atoms with E-state index >= 15 is 0 Å². The molecule has 0 aliphatic carbocycles. The highest BCUT2D eigenvalue weighted by atomic mass is 19.4. The number of nitrogens with one attached hydrogen (secondary N) is 3. The number of benzene rings is 2. The molecule has 2 aliphatic heterocycles. The van der Waals surface area contributed by atoms with Crippen LogP contribution in [0.15, 0.2) is 64.3 Å². The molecule has 3 heterocycles. The number of hydrogen-bond donors (Lipinski definition) is 3. The van der Waals surface area contributed by atoms with Gasteiger partial charge >= 0.3 is 6.18 Å². The largest absolute Gasteiger partial charge is 0.461 e. The minimum atomic E-state index is -4.59. The molecule has 3 aromatic rings. The number of furan rings is 1. The van der Waals surface area contributed by atoms with E-state index < -0.39 is 30.5 Å². The van der Waals surface area contributed by atoms with Crippen molar-refractivity contribution in [3.63, 3.8) is 0 Å². The minimum Gasteiger partial charge on any atom is -0.461 e. The molecule has 0 bridgehead atoms. The number of halogens is 3. The summed E-state index contributed by atoms with van der Waals surface area (Å²) in [4.78, 5) is 55.9. The van der Waals surface area contributed by atoms with Gasteiger partial charge in [-0.25, -0.2) is 0 Å². The molecule has 2 fully saturated rings. The molecule has 3 N–H and O–H groups in total. The average molecular weight is 665 g/mol. The average Bonchev–Trinajstić information content (AvgIpc) is 3.69. The first kappa shape index (κ1) is 34.0. The van der Waals surface area contributed by atoms with E-state index in [0.29, 0.717) is 55.9 Å². The van der Waals surface area contributed by atoms with Crippen molar-refractivity contribution in [2.24, 2.45) is 0 Å². The predicted molar refractivity (Wildman–Crippen MR) is 170 cm³/mol. The van der Waals surface area contributed by atoms with Gasteiger partial charge in [0.05, 0.1) is 6.54 Å². The number of nitrogens with zero attached hydrogens (tertiary/aromatic N) is 3. The van der Waals surface area contributed by atoms with Gasteiger partial charge in [-0.05, 0) is 75.4 Å². The fourth-order valence-electron chi connectivity index (χ4n) is 5.79. The van der Waals surface area contributed by atoms with Gasteiger partial charge in [-0.3, -0.25) is 19.2 Å². The van der Waals surface area contributed by atoms with Gasteiger partial charge in [-0.1, -0.05) is 12.1 Å². The Morgan fingerprint density at radius 1 is 0.979 bits per heavy atom. The lowest BCUT2D eigenvalue weighted by Crippen LogP contribution is -2.49. The van der Waals surface area contributed by atoms with Gasteiger partial charge in [0.25, 0.3) is 5.91 Å². The Morgan fingerprint density at radius 3 is 2.35 bits per heavy atom. The van der Waals surface area contributed by atoms with E-state index in [9.17, 15) is 37.6 Å². The summed E-state index contributed by atoms with van der Waals surface area (Å²) in [5.41, 5.74) is 0.636. The van der Waals surface area contributed by atoms with Crippen LogP contribution in [0.4, 0.5) is 18.9 Å². The molecule has 11 nitrogen and oxygen atoms in total. The van der Waals surface area contributed by atoms with Crippen LogP contribution in [0.1, 0.15) is 58.6 Å². The van der Waals surface area contributed by atoms with Gasteiger partial charge in [0.15, 0.2) is 0 Å². The zero-order valence-electron chi connectivity index (χ0n) is 26.3. The maximum atomic E-state index is 13.8. The fourth-order valence-corrected chi connectivity index (χ4v) is 5.79. The number of hydrogen-bond acceptors (Lipinski definition) is 8. The van der Waals surface area contributed by atoms with Crippen LogP contribution in [0.3, 0.4) is 0 Å². The van der Waals surface area contributed by atoms with Crippen LogP contribution < -0.4 is 16.0 Å². The van der Waals surface area contributed by atoms with Gasteiger partial charge in [0.1, 0.15) is 41.4 Å². The third-order valence-electron chi connectivity index (χ3n) is 8.24. The summed E-state index contributed by atoms with van der Waals surface area (Å²) < 4.78 is 43.3. The maximum Gasteiger partial charge on any atom is 0.405 e. The Kier molecular flexibility index (Phi) is 10.4. The SMILES string of the molecule is Cc1cc2cc(NC(N[C@H]3CCCCN(CC(=O)N4CCCC4)C3=O)=C(C#N)C(=O)c3ccc(C(=O)NCC(F)(F)F)cc3)ccc2o1. The number of rotatable bonds is 10. The van der Waals surface area contributed by atoms with E-state index in [-0.39, 0.29) is 40.9 Å². The van der Waals surface area contributed by atoms with E-state index in [1.54, 1.807) is 35.3 Å².